The standard InChI is InChI=1S/C13H17N3O4/c1-2-10-8-15(5-6-20-10)13(17)9-3-4-12(16(18)19)11(14)7-9/h3-4,7,10H,2,5-6,8,14H2,1H3. The summed E-state index contributed by atoms with van der Waals surface area (Å²) < 4.78 is 5.51. The number of amides is 1. The van der Waals surface area contributed by atoms with Gasteiger partial charge >= 0.3 is 0 Å². The molecule has 7 heteroatoms. The van der Waals surface area contributed by atoms with Crippen LogP contribution in [-0.4, -0.2) is 41.5 Å². The number of hydrogen-bond acceptors (Lipinski definition) is 5. The maximum Gasteiger partial charge on any atom is 0.292 e. The van der Waals surface area contributed by atoms with Crippen LogP contribution < -0.4 is 5.73 Å². The summed E-state index contributed by atoms with van der Waals surface area (Å²) in [6.45, 7) is 3.56. The molecule has 1 aliphatic rings. The highest BCUT2D eigenvalue weighted by Crippen LogP contribution is 2.23. The Bertz CT molecular complexity index is 532. The van der Waals surface area contributed by atoms with Crippen molar-refractivity contribution in [2.75, 3.05) is 25.4 Å². The molecule has 0 saturated carbocycles. The van der Waals surface area contributed by atoms with Crippen molar-refractivity contribution >= 4 is 17.3 Å². The van der Waals surface area contributed by atoms with Gasteiger partial charge in [-0.2, -0.15) is 0 Å². The van der Waals surface area contributed by atoms with Crippen molar-refractivity contribution in [1.82, 2.24) is 4.90 Å². The summed E-state index contributed by atoms with van der Waals surface area (Å²) in [5.74, 6) is -0.173. The van der Waals surface area contributed by atoms with Gasteiger partial charge in [0.15, 0.2) is 0 Å². The molecule has 108 valence electrons. The van der Waals surface area contributed by atoms with Crippen LogP contribution in [0.3, 0.4) is 0 Å². The number of hydrogen-bond donors (Lipinski definition) is 1. The molecule has 1 aromatic rings. The molecule has 1 saturated heterocycles. The van der Waals surface area contributed by atoms with Crippen molar-refractivity contribution in [3.8, 4) is 0 Å². The number of morpholine rings is 1. The highest BCUT2D eigenvalue weighted by Gasteiger charge is 2.25. The maximum absolute atomic E-state index is 12.3. The molecule has 2 rings (SSSR count). The van der Waals surface area contributed by atoms with Crippen molar-refractivity contribution < 1.29 is 14.5 Å². The Labute approximate surface area is 116 Å². The first-order chi connectivity index (χ1) is 9.52. The van der Waals surface area contributed by atoms with Crippen molar-refractivity contribution in [3.05, 3.63) is 33.9 Å². The quantitative estimate of drug-likeness (QED) is 0.512. The Balaban J connectivity index is 2.17. The number of nitrogens with zero attached hydrogens (tertiary/aromatic N) is 2. The van der Waals surface area contributed by atoms with Crippen LogP contribution in [0.1, 0.15) is 23.7 Å². The van der Waals surface area contributed by atoms with Crippen LogP contribution >= 0.6 is 0 Å². The first-order valence-electron chi connectivity index (χ1n) is 6.47. The normalized spacial score (nSPS) is 18.9. The zero-order valence-corrected chi connectivity index (χ0v) is 11.2. The number of carbonyl (C=O) groups is 1. The molecule has 1 fully saturated rings. The van der Waals surface area contributed by atoms with E-state index in [1.165, 1.54) is 18.2 Å². The lowest BCUT2D eigenvalue weighted by Gasteiger charge is -2.32. The molecule has 1 aromatic carbocycles. The van der Waals surface area contributed by atoms with E-state index in [-0.39, 0.29) is 23.4 Å². The lowest BCUT2D eigenvalue weighted by Crippen LogP contribution is -2.45. The Morgan fingerprint density at radius 3 is 2.95 bits per heavy atom. The minimum absolute atomic E-state index is 0.00107. The van der Waals surface area contributed by atoms with Gasteiger partial charge in [-0.15, -0.1) is 0 Å². The van der Waals surface area contributed by atoms with Crippen LogP contribution in [0.25, 0.3) is 0 Å². The molecule has 7 nitrogen and oxygen atoms in total. The molecule has 0 aliphatic carbocycles. The molecule has 0 spiro atoms. The number of nitro groups is 1. The third-order valence-electron chi connectivity index (χ3n) is 3.35. The first-order valence-corrected chi connectivity index (χ1v) is 6.47. The predicted octanol–water partition coefficient (Wildman–Crippen LogP) is 1.43. The first kappa shape index (κ1) is 14.3. The van der Waals surface area contributed by atoms with Gasteiger partial charge in [-0.3, -0.25) is 14.9 Å². The van der Waals surface area contributed by atoms with Crippen LogP contribution in [0, 0.1) is 10.1 Å². The molecule has 1 heterocycles. The van der Waals surface area contributed by atoms with Gasteiger partial charge in [0.1, 0.15) is 5.69 Å². The largest absolute Gasteiger partial charge is 0.393 e. The summed E-state index contributed by atoms with van der Waals surface area (Å²) in [5, 5.41) is 10.7. The van der Waals surface area contributed by atoms with Gasteiger partial charge in [0, 0.05) is 24.7 Å². The third-order valence-corrected chi connectivity index (χ3v) is 3.35. The Morgan fingerprint density at radius 1 is 1.60 bits per heavy atom. The summed E-state index contributed by atoms with van der Waals surface area (Å²) >= 11 is 0. The third kappa shape index (κ3) is 2.88. The van der Waals surface area contributed by atoms with Crippen LogP contribution in [0.5, 0.6) is 0 Å². The van der Waals surface area contributed by atoms with E-state index in [4.69, 9.17) is 10.5 Å². The summed E-state index contributed by atoms with van der Waals surface area (Å²) in [6.07, 6.45) is 0.884. The molecule has 20 heavy (non-hydrogen) atoms. The zero-order valence-electron chi connectivity index (χ0n) is 11.2. The highest BCUT2D eigenvalue weighted by molar-refractivity contribution is 5.95. The van der Waals surface area contributed by atoms with Crippen molar-refractivity contribution in [1.29, 1.82) is 0 Å². The lowest BCUT2D eigenvalue weighted by molar-refractivity contribution is -0.383. The Morgan fingerprint density at radius 2 is 2.35 bits per heavy atom. The second kappa shape index (κ2) is 5.87. The number of nitro benzene ring substituents is 1. The van der Waals surface area contributed by atoms with Gasteiger partial charge in [-0.1, -0.05) is 6.92 Å². The van der Waals surface area contributed by atoms with Gasteiger partial charge in [-0.25, -0.2) is 0 Å². The molecule has 1 aliphatic heterocycles. The van der Waals surface area contributed by atoms with Crippen molar-refractivity contribution in [2.24, 2.45) is 0 Å². The number of anilines is 1. The van der Waals surface area contributed by atoms with Crippen molar-refractivity contribution in [2.45, 2.75) is 19.4 Å². The number of benzene rings is 1. The molecule has 1 unspecified atom stereocenters. The van der Waals surface area contributed by atoms with Crippen molar-refractivity contribution in [3.63, 3.8) is 0 Å². The van der Waals surface area contributed by atoms with E-state index in [9.17, 15) is 14.9 Å². The van der Waals surface area contributed by atoms with E-state index in [1.54, 1.807) is 4.90 Å². The average molecular weight is 279 g/mol. The van der Waals surface area contributed by atoms with Crippen LogP contribution in [-0.2, 0) is 4.74 Å². The van der Waals surface area contributed by atoms with Gasteiger partial charge in [0.25, 0.3) is 11.6 Å². The van der Waals surface area contributed by atoms with E-state index >= 15 is 0 Å². The molecule has 0 bridgehead atoms. The topological polar surface area (TPSA) is 98.7 Å². The minimum atomic E-state index is -0.564. The lowest BCUT2D eigenvalue weighted by atomic mass is 10.1. The summed E-state index contributed by atoms with van der Waals surface area (Å²) in [4.78, 5) is 24.2. The molecule has 0 aromatic heterocycles. The monoisotopic (exact) mass is 279 g/mol. The fourth-order valence-electron chi connectivity index (χ4n) is 2.19. The van der Waals surface area contributed by atoms with E-state index < -0.39 is 4.92 Å². The fourth-order valence-corrected chi connectivity index (χ4v) is 2.19. The molecule has 1 atom stereocenters. The second-order valence-electron chi connectivity index (χ2n) is 4.68. The molecule has 1 amide bonds. The fraction of sp³-hybridized carbons (Fsp3) is 0.462. The predicted molar refractivity (Wildman–Crippen MR) is 73.4 cm³/mol. The second-order valence-corrected chi connectivity index (χ2v) is 4.68. The SMILES string of the molecule is CCC1CN(C(=O)c2ccc([N+](=O)[O-])c(N)c2)CCO1. The van der Waals surface area contributed by atoms with Gasteiger partial charge in [-0.05, 0) is 18.6 Å². The average Bonchev–Trinajstić information content (AvgIpc) is 2.46. The molecular formula is C13H17N3O4. The molecular weight excluding hydrogens is 262 g/mol. The minimum Gasteiger partial charge on any atom is -0.393 e. The van der Waals surface area contributed by atoms with Gasteiger partial charge < -0.3 is 15.4 Å². The summed E-state index contributed by atoms with van der Waals surface area (Å²) in [7, 11) is 0. The van der Waals surface area contributed by atoms with Gasteiger partial charge in [0.05, 0.1) is 17.6 Å². The highest BCUT2D eigenvalue weighted by atomic mass is 16.6. The van der Waals surface area contributed by atoms with E-state index in [0.717, 1.165) is 6.42 Å². The number of nitrogens with two attached hydrogens (primary N) is 1. The van der Waals surface area contributed by atoms with E-state index in [2.05, 4.69) is 0 Å². The number of ether oxygens (including phenoxy) is 1. The maximum atomic E-state index is 12.3. The van der Waals surface area contributed by atoms with Crippen LogP contribution in [0.2, 0.25) is 0 Å². The van der Waals surface area contributed by atoms with E-state index in [0.29, 0.717) is 25.3 Å². The summed E-state index contributed by atoms with van der Waals surface area (Å²) in [5.41, 5.74) is 5.79. The Hall–Kier alpha value is -2.15. The zero-order chi connectivity index (χ0) is 14.7. The summed E-state index contributed by atoms with van der Waals surface area (Å²) in [6, 6.07) is 4.06. The number of carbonyl (C=O) groups excluding carboxylic acids is 1. The smallest absolute Gasteiger partial charge is 0.292 e. The number of rotatable bonds is 3. The Kier molecular flexibility index (Phi) is 4.19. The van der Waals surface area contributed by atoms with Crippen LogP contribution in [0.15, 0.2) is 18.2 Å². The van der Waals surface area contributed by atoms with Crippen LogP contribution in [0.4, 0.5) is 11.4 Å². The molecule has 2 N–H and O–H groups in total. The number of nitrogen functional groups attached to an aromatic ring is 1. The molecule has 0 radical (unpaired) electrons. The van der Waals surface area contributed by atoms with E-state index in [1.807, 2.05) is 6.92 Å². The van der Waals surface area contributed by atoms with Gasteiger partial charge in [0.2, 0.25) is 0 Å².